The third-order valence-corrected chi connectivity index (χ3v) is 5.13. The van der Waals surface area contributed by atoms with E-state index in [0.29, 0.717) is 17.9 Å². The molecule has 0 spiro atoms. The summed E-state index contributed by atoms with van der Waals surface area (Å²) >= 11 is 0. The second kappa shape index (κ2) is 13.9. The van der Waals surface area contributed by atoms with Crippen molar-refractivity contribution in [1.29, 1.82) is 5.41 Å². The summed E-state index contributed by atoms with van der Waals surface area (Å²) in [6, 6.07) is 0. The van der Waals surface area contributed by atoms with Crippen LogP contribution < -0.4 is 16.4 Å². The number of nitrogen functional groups attached to an aromatic ring is 1. The van der Waals surface area contributed by atoms with Crippen LogP contribution in [0.2, 0.25) is 0 Å². The number of nitrogens with two attached hydrogens (primary N) is 2. The van der Waals surface area contributed by atoms with Crippen LogP contribution in [0.3, 0.4) is 0 Å². The van der Waals surface area contributed by atoms with E-state index in [1.54, 1.807) is 25.5 Å². The Hall–Kier alpha value is -3.33. The minimum atomic E-state index is -0.282. The SMILES string of the molecule is CCC\C=C/C=C(F)\C(C)=C\C=N.NCCCc1nc(N2CCc3nc[nH]c3C2)cnc1N. The van der Waals surface area contributed by atoms with E-state index in [9.17, 15) is 4.39 Å². The molecule has 0 aromatic carbocycles. The van der Waals surface area contributed by atoms with Gasteiger partial charge in [-0.25, -0.2) is 19.3 Å². The fourth-order valence-electron chi connectivity index (χ4n) is 3.19. The first-order valence-corrected chi connectivity index (χ1v) is 11.3. The molecule has 3 heterocycles. The lowest BCUT2D eigenvalue weighted by Crippen LogP contribution is -2.31. The number of aromatic amines is 1. The molecule has 6 N–H and O–H groups in total. The lowest BCUT2D eigenvalue weighted by Gasteiger charge is -2.27. The number of nitrogens with one attached hydrogen (secondary N) is 2. The van der Waals surface area contributed by atoms with Crippen LogP contribution in [0, 0.1) is 5.41 Å². The summed E-state index contributed by atoms with van der Waals surface area (Å²) in [5, 5.41) is 6.76. The predicted molar refractivity (Wildman–Crippen MR) is 133 cm³/mol. The Labute approximate surface area is 195 Å². The Morgan fingerprint density at radius 2 is 2.15 bits per heavy atom. The van der Waals surface area contributed by atoms with Gasteiger partial charge in [-0.15, -0.1) is 0 Å². The van der Waals surface area contributed by atoms with Crippen LogP contribution in [0.25, 0.3) is 0 Å². The third kappa shape index (κ3) is 8.27. The van der Waals surface area contributed by atoms with Crippen molar-refractivity contribution in [3.8, 4) is 0 Å². The predicted octanol–water partition coefficient (Wildman–Crippen LogP) is 4.03. The number of hydrogen-bond acceptors (Lipinski definition) is 7. The minimum Gasteiger partial charge on any atom is -0.382 e. The van der Waals surface area contributed by atoms with Gasteiger partial charge >= 0.3 is 0 Å². The van der Waals surface area contributed by atoms with Gasteiger partial charge in [-0.1, -0.05) is 25.5 Å². The van der Waals surface area contributed by atoms with Gasteiger partial charge in [0.2, 0.25) is 0 Å². The monoisotopic (exact) mass is 454 g/mol. The number of rotatable bonds is 9. The van der Waals surface area contributed by atoms with Gasteiger partial charge in [-0.2, -0.15) is 0 Å². The first-order chi connectivity index (χ1) is 16.0. The van der Waals surface area contributed by atoms with Crippen LogP contribution >= 0.6 is 0 Å². The lowest BCUT2D eigenvalue weighted by molar-refractivity contribution is 0.652. The Morgan fingerprint density at radius 1 is 1.33 bits per heavy atom. The fraction of sp³-hybridized carbons (Fsp3) is 0.417. The fourth-order valence-corrected chi connectivity index (χ4v) is 3.19. The van der Waals surface area contributed by atoms with Crippen molar-refractivity contribution in [2.24, 2.45) is 5.73 Å². The number of halogens is 1. The number of unbranched alkanes of at least 4 members (excludes halogenated alkanes) is 1. The van der Waals surface area contributed by atoms with E-state index in [0.717, 1.165) is 74.3 Å². The largest absolute Gasteiger partial charge is 0.382 e. The van der Waals surface area contributed by atoms with Gasteiger partial charge in [0.05, 0.1) is 36.2 Å². The highest BCUT2D eigenvalue weighted by Crippen LogP contribution is 2.22. The zero-order valence-corrected chi connectivity index (χ0v) is 19.5. The zero-order valence-electron chi connectivity index (χ0n) is 19.5. The molecule has 0 saturated carbocycles. The van der Waals surface area contributed by atoms with Gasteiger partial charge < -0.3 is 26.8 Å². The quantitative estimate of drug-likeness (QED) is 0.334. The summed E-state index contributed by atoms with van der Waals surface area (Å²) in [4.78, 5) is 18.6. The van der Waals surface area contributed by atoms with E-state index in [2.05, 4.69) is 31.8 Å². The summed E-state index contributed by atoms with van der Waals surface area (Å²) in [6.07, 6.45) is 15.7. The zero-order chi connectivity index (χ0) is 24.1. The Kier molecular flexibility index (Phi) is 11.0. The molecule has 8 nitrogen and oxygen atoms in total. The highest BCUT2D eigenvalue weighted by molar-refractivity contribution is 5.70. The van der Waals surface area contributed by atoms with E-state index in [4.69, 9.17) is 16.9 Å². The first-order valence-electron chi connectivity index (χ1n) is 11.3. The van der Waals surface area contributed by atoms with Crippen molar-refractivity contribution in [2.75, 3.05) is 23.7 Å². The molecule has 2 aromatic rings. The number of hydrogen-bond donors (Lipinski definition) is 4. The topological polar surface area (TPSA) is 134 Å². The molecule has 0 fully saturated rings. The molecule has 0 radical (unpaired) electrons. The van der Waals surface area contributed by atoms with Crippen LogP contribution in [-0.2, 0) is 19.4 Å². The van der Waals surface area contributed by atoms with E-state index in [1.165, 1.54) is 12.2 Å². The van der Waals surface area contributed by atoms with E-state index in [-0.39, 0.29) is 5.83 Å². The third-order valence-electron chi connectivity index (χ3n) is 5.13. The van der Waals surface area contributed by atoms with Crippen molar-refractivity contribution in [3.05, 3.63) is 65.3 Å². The molecule has 0 atom stereocenters. The molecule has 0 amide bonds. The normalized spacial score (nSPS) is 14.1. The van der Waals surface area contributed by atoms with Crippen molar-refractivity contribution < 1.29 is 4.39 Å². The molecular weight excluding hydrogens is 419 g/mol. The molecule has 1 aliphatic heterocycles. The Morgan fingerprint density at radius 3 is 2.88 bits per heavy atom. The van der Waals surface area contributed by atoms with Crippen LogP contribution in [0.15, 0.2) is 48.2 Å². The van der Waals surface area contributed by atoms with Gasteiger partial charge in [0.25, 0.3) is 0 Å². The average molecular weight is 455 g/mol. The number of allylic oxidation sites excluding steroid dienone is 6. The lowest BCUT2D eigenvalue weighted by atomic mass is 10.1. The van der Waals surface area contributed by atoms with Gasteiger partial charge in [-0.3, -0.25) is 0 Å². The maximum atomic E-state index is 13.0. The van der Waals surface area contributed by atoms with Gasteiger partial charge in [0.15, 0.2) is 0 Å². The molecule has 3 rings (SSSR count). The molecule has 2 aromatic heterocycles. The standard InChI is InChI=1S/C13H19N7.C11H16FN/c14-4-1-2-10-13(15)16-6-12(19-10)20-5-3-9-11(7-20)18-8-17-9;1-3-4-5-6-7-11(12)10(2)8-9-13/h6,8H,1-5,7,14H2,(H2,15,16)(H,17,18);5-9,13H,3-4H2,1-2H3/b;6-5-,10-8+,11-7+,13-9?. The van der Waals surface area contributed by atoms with Gasteiger partial charge in [0.1, 0.15) is 17.5 Å². The molecule has 0 saturated heterocycles. The van der Waals surface area contributed by atoms with Gasteiger partial charge in [-0.05, 0) is 50.5 Å². The highest BCUT2D eigenvalue weighted by atomic mass is 19.1. The Balaban J connectivity index is 0.000000260. The molecule has 178 valence electrons. The van der Waals surface area contributed by atoms with Crippen molar-refractivity contribution >= 4 is 17.9 Å². The minimum absolute atomic E-state index is 0.282. The van der Waals surface area contributed by atoms with Crippen LogP contribution in [-0.4, -0.2) is 39.2 Å². The number of fused-ring (bicyclic) bond motifs is 1. The highest BCUT2D eigenvalue weighted by Gasteiger charge is 2.20. The molecule has 0 aliphatic carbocycles. The number of H-pyrrole nitrogens is 1. The molecule has 33 heavy (non-hydrogen) atoms. The second-order valence-corrected chi connectivity index (χ2v) is 7.70. The summed E-state index contributed by atoms with van der Waals surface area (Å²) in [6.45, 7) is 6.03. The van der Waals surface area contributed by atoms with Crippen molar-refractivity contribution in [3.63, 3.8) is 0 Å². The summed E-state index contributed by atoms with van der Waals surface area (Å²) in [5.74, 6) is 1.09. The van der Waals surface area contributed by atoms with Crippen LogP contribution in [0.4, 0.5) is 16.0 Å². The van der Waals surface area contributed by atoms with Crippen LogP contribution in [0.5, 0.6) is 0 Å². The molecule has 1 aliphatic rings. The average Bonchev–Trinajstić information content (AvgIpc) is 3.30. The van der Waals surface area contributed by atoms with Crippen LogP contribution in [0.1, 0.15) is 50.2 Å². The summed E-state index contributed by atoms with van der Waals surface area (Å²) in [5.41, 5.74) is 15.0. The van der Waals surface area contributed by atoms with Gasteiger partial charge in [0, 0.05) is 19.2 Å². The summed E-state index contributed by atoms with van der Waals surface area (Å²) in [7, 11) is 0. The number of nitrogens with zero attached hydrogens (tertiary/aromatic N) is 4. The molecule has 0 unspecified atom stereocenters. The van der Waals surface area contributed by atoms with Crippen molar-refractivity contribution in [1.82, 2.24) is 19.9 Å². The van der Waals surface area contributed by atoms with Crippen molar-refractivity contribution in [2.45, 2.75) is 52.5 Å². The second-order valence-electron chi connectivity index (χ2n) is 7.70. The summed E-state index contributed by atoms with van der Waals surface area (Å²) < 4.78 is 13.0. The molecule has 9 heteroatoms. The van der Waals surface area contributed by atoms with E-state index >= 15 is 0 Å². The number of aromatic nitrogens is 4. The number of anilines is 2. The molecule has 0 bridgehead atoms. The van der Waals surface area contributed by atoms with E-state index in [1.807, 2.05) is 6.08 Å². The Bertz CT molecular complexity index is 977. The van der Waals surface area contributed by atoms with E-state index < -0.39 is 0 Å². The number of imidazole rings is 1. The first kappa shape index (κ1) is 25.9. The smallest absolute Gasteiger partial charge is 0.147 e. The maximum absolute atomic E-state index is 13.0. The number of aryl methyl sites for hydroxylation is 1. The maximum Gasteiger partial charge on any atom is 0.147 e. The molecular formula is C24H35FN8.